The van der Waals surface area contributed by atoms with Crippen molar-refractivity contribution in [3.8, 4) is 10.4 Å². The Labute approximate surface area is 182 Å². The van der Waals surface area contributed by atoms with Crippen molar-refractivity contribution >= 4 is 54.8 Å². The van der Waals surface area contributed by atoms with Crippen LogP contribution in [0.2, 0.25) is 0 Å². The number of benzene rings is 3. The van der Waals surface area contributed by atoms with Crippen LogP contribution in [0.4, 0.5) is 0 Å². The van der Waals surface area contributed by atoms with Crippen LogP contribution in [0.15, 0.2) is 77.1 Å². The van der Waals surface area contributed by atoms with E-state index >= 15 is 0 Å². The monoisotopic (exact) mass is 423 g/mol. The maximum atomic E-state index is 13.2. The van der Waals surface area contributed by atoms with E-state index in [9.17, 15) is 4.79 Å². The van der Waals surface area contributed by atoms with Gasteiger partial charge in [-0.3, -0.25) is 9.79 Å². The molecule has 0 N–H and O–H groups in total. The summed E-state index contributed by atoms with van der Waals surface area (Å²) < 4.78 is 2.52. The molecule has 2 nitrogen and oxygen atoms in total. The van der Waals surface area contributed by atoms with Crippen LogP contribution in [-0.4, -0.2) is 12.0 Å². The number of Topliss-reactive ketones (excluding diaryl/α,β-unsaturated/α-hetero) is 1. The molecule has 4 heteroatoms. The van der Waals surface area contributed by atoms with Gasteiger partial charge in [0.05, 0.1) is 6.54 Å². The molecule has 3 heterocycles. The van der Waals surface area contributed by atoms with Crippen molar-refractivity contribution in [2.24, 2.45) is 4.99 Å². The Morgan fingerprint density at radius 2 is 1.83 bits per heavy atom. The van der Waals surface area contributed by atoms with Crippen LogP contribution in [0.1, 0.15) is 27.0 Å². The molecule has 1 aliphatic heterocycles. The minimum Gasteiger partial charge on any atom is -0.294 e. The van der Waals surface area contributed by atoms with E-state index in [1.165, 1.54) is 30.6 Å². The molecule has 0 saturated carbocycles. The van der Waals surface area contributed by atoms with Gasteiger partial charge in [0.2, 0.25) is 0 Å². The molecule has 0 spiro atoms. The Balaban J connectivity index is 1.40. The normalized spacial score (nSPS) is 12.7. The fourth-order valence-corrected chi connectivity index (χ4v) is 6.01. The van der Waals surface area contributed by atoms with E-state index in [0.29, 0.717) is 13.0 Å². The van der Waals surface area contributed by atoms with Crippen LogP contribution in [0.25, 0.3) is 30.6 Å². The van der Waals surface area contributed by atoms with E-state index in [1.807, 2.05) is 12.3 Å². The van der Waals surface area contributed by atoms with Gasteiger partial charge < -0.3 is 0 Å². The summed E-state index contributed by atoms with van der Waals surface area (Å²) in [5.74, 6) is 0.148. The summed E-state index contributed by atoms with van der Waals surface area (Å²) in [4.78, 5) is 18.9. The number of thiophene rings is 2. The van der Waals surface area contributed by atoms with Crippen LogP contribution in [-0.2, 0) is 13.0 Å². The van der Waals surface area contributed by atoms with Crippen LogP contribution in [0.3, 0.4) is 0 Å². The Hall–Kier alpha value is -3.08. The van der Waals surface area contributed by atoms with Gasteiger partial charge in [-0.15, -0.1) is 22.7 Å². The lowest BCUT2D eigenvalue weighted by atomic mass is 9.94. The van der Waals surface area contributed by atoms with Crippen LogP contribution in [0, 0.1) is 0 Å². The van der Waals surface area contributed by atoms with Gasteiger partial charge in [0.25, 0.3) is 0 Å². The topological polar surface area (TPSA) is 29.4 Å². The Morgan fingerprint density at radius 3 is 2.77 bits per heavy atom. The second-order valence-corrected chi connectivity index (χ2v) is 9.63. The summed E-state index contributed by atoms with van der Waals surface area (Å²) in [5, 5.41) is 4.54. The molecule has 0 unspecified atom stereocenters. The van der Waals surface area contributed by atoms with Crippen molar-refractivity contribution in [1.82, 2.24) is 0 Å². The maximum absolute atomic E-state index is 13.2. The highest BCUT2D eigenvalue weighted by atomic mass is 32.1. The third kappa shape index (κ3) is 3.00. The standard InChI is InChI=1S/C26H17NOS2/c28-23(10-16-5-6-24-18(9-16)7-8-29-24)19-11-20-14-27-15-22(20)21(12-19)26-13-17-3-1-2-4-25(17)30-26/h1-9,11-14H,10,15H2. The molecule has 30 heavy (non-hydrogen) atoms. The molecule has 1 aliphatic rings. The zero-order valence-corrected chi connectivity index (χ0v) is 17.7. The van der Waals surface area contributed by atoms with E-state index in [-0.39, 0.29) is 5.78 Å². The van der Waals surface area contributed by atoms with Gasteiger partial charge in [0, 0.05) is 32.5 Å². The first-order valence-corrected chi connectivity index (χ1v) is 11.6. The SMILES string of the molecule is O=C(Cc1ccc2sccc2c1)c1cc2c(c(-c3cc4ccccc4s3)c1)CN=C2. The summed E-state index contributed by atoms with van der Waals surface area (Å²) in [7, 11) is 0. The third-order valence-corrected chi connectivity index (χ3v) is 7.71. The molecular formula is C26H17NOS2. The fraction of sp³-hybridized carbons (Fsp3) is 0.0769. The molecule has 3 aromatic carbocycles. The number of hydrogen-bond donors (Lipinski definition) is 0. The zero-order chi connectivity index (χ0) is 20.1. The predicted octanol–water partition coefficient (Wildman–Crippen LogP) is 7.14. The number of carbonyl (C=O) groups excluding carboxylic acids is 1. The zero-order valence-electron chi connectivity index (χ0n) is 16.1. The second-order valence-electron chi connectivity index (χ2n) is 7.60. The van der Waals surface area contributed by atoms with E-state index < -0.39 is 0 Å². The van der Waals surface area contributed by atoms with Crippen LogP contribution < -0.4 is 0 Å². The summed E-state index contributed by atoms with van der Waals surface area (Å²) in [5.41, 5.74) is 5.26. The average molecular weight is 424 g/mol. The second kappa shape index (κ2) is 7.01. The number of nitrogens with zero attached hydrogens (tertiary/aromatic N) is 1. The summed E-state index contributed by atoms with van der Waals surface area (Å²) >= 11 is 3.51. The highest BCUT2D eigenvalue weighted by Crippen LogP contribution is 2.38. The number of aliphatic imine (C=N–C) groups is 1. The third-order valence-electron chi connectivity index (χ3n) is 5.66. The highest BCUT2D eigenvalue weighted by molar-refractivity contribution is 7.22. The average Bonchev–Trinajstić information content (AvgIpc) is 3.50. The van der Waals surface area contributed by atoms with Crippen LogP contribution >= 0.6 is 22.7 Å². The van der Waals surface area contributed by atoms with Crippen molar-refractivity contribution < 1.29 is 4.79 Å². The van der Waals surface area contributed by atoms with Gasteiger partial charge in [-0.25, -0.2) is 0 Å². The summed E-state index contributed by atoms with van der Waals surface area (Å²) in [6.07, 6.45) is 2.31. The molecule has 0 amide bonds. The van der Waals surface area contributed by atoms with E-state index in [0.717, 1.165) is 22.3 Å². The van der Waals surface area contributed by atoms with E-state index in [2.05, 4.69) is 71.0 Å². The molecule has 0 saturated heterocycles. The number of ketones is 1. The molecular weight excluding hydrogens is 406 g/mol. The smallest absolute Gasteiger partial charge is 0.167 e. The fourth-order valence-electron chi connectivity index (χ4n) is 4.13. The summed E-state index contributed by atoms with van der Waals surface area (Å²) in [6, 6.07) is 23.2. The van der Waals surface area contributed by atoms with Gasteiger partial charge in [0.15, 0.2) is 5.78 Å². The van der Waals surface area contributed by atoms with Crippen molar-refractivity contribution in [1.29, 1.82) is 0 Å². The predicted molar refractivity (Wildman–Crippen MR) is 128 cm³/mol. The summed E-state index contributed by atoms with van der Waals surface area (Å²) in [6.45, 7) is 0.683. The first-order valence-electron chi connectivity index (χ1n) is 9.90. The molecule has 6 rings (SSSR count). The number of carbonyl (C=O) groups is 1. The lowest BCUT2D eigenvalue weighted by Crippen LogP contribution is -2.05. The number of hydrogen-bond acceptors (Lipinski definition) is 4. The van der Waals surface area contributed by atoms with Crippen LogP contribution in [0.5, 0.6) is 0 Å². The minimum atomic E-state index is 0.148. The Bertz CT molecular complexity index is 1440. The minimum absolute atomic E-state index is 0.148. The van der Waals surface area contributed by atoms with Crippen molar-refractivity contribution in [3.05, 3.63) is 94.4 Å². The number of rotatable bonds is 4. The lowest BCUT2D eigenvalue weighted by Gasteiger charge is -2.10. The van der Waals surface area contributed by atoms with Crippen molar-refractivity contribution in [2.45, 2.75) is 13.0 Å². The molecule has 0 radical (unpaired) electrons. The van der Waals surface area contributed by atoms with E-state index in [1.54, 1.807) is 22.7 Å². The molecule has 2 aromatic heterocycles. The van der Waals surface area contributed by atoms with Gasteiger partial charge in [-0.1, -0.05) is 24.3 Å². The van der Waals surface area contributed by atoms with Crippen molar-refractivity contribution in [3.63, 3.8) is 0 Å². The molecule has 0 bridgehead atoms. The van der Waals surface area contributed by atoms with Gasteiger partial charge in [0.1, 0.15) is 0 Å². The van der Waals surface area contributed by atoms with Gasteiger partial charge >= 0.3 is 0 Å². The molecule has 0 aliphatic carbocycles. The van der Waals surface area contributed by atoms with Crippen molar-refractivity contribution in [2.75, 3.05) is 0 Å². The molecule has 144 valence electrons. The Morgan fingerprint density at radius 1 is 0.933 bits per heavy atom. The molecule has 0 atom stereocenters. The maximum Gasteiger partial charge on any atom is 0.167 e. The van der Waals surface area contributed by atoms with Gasteiger partial charge in [-0.2, -0.15) is 0 Å². The molecule has 5 aromatic rings. The molecule has 0 fully saturated rings. The Kier molecular flexibility index (Phi) is 4.15. The first kappa shape index (κ1) is 17.8. The first-order chi connectivity index (χ1) is 14.7. The van der Waals surface area contributed by atoms with E-state index in [4.69, 9.17) is 0 Å². The number of fused-ring (bicyclic) bond motifs is 3. The largest absolute Gasteiger partial charge is 0.294 e. The quantitative estimate of drug-likeness (QED) is 0.282. The highest BCUT2D eigenvalue weighted by Gasteiger charge is 2.19. The van der Waals surface area contributed by atoms with Gasteiger partial charge in [-0.05, 0) is 80.9 Å². The lowest BCUT2D eigenvalue weighted by molar-refractivity contribution is 0.0993.